The van der Waals surface area contributed by atoms with Gasteiger partial charge in [0.15, 0.2) is 0 Å². The van der Waals surface area contributed by atoms with E-state index >= 15 is 0 Å². The summed E-state index contributed by atoms with van der Waals surface area (Å²) in [5.74, 6) is 0.283. The number of unbranched alkanes of at least 4 members (excludes halogenated alkanes) is 1. The molecule has 10 heteroatoms. The number of urea groups is 1. The van der Waals surface area contributed by atoms with Crippen LogP contribution in [0.4, 0.5) is 10.5 Å². The van der Waals surface area contributed by atoms with Crippen LogP contribution in [-0.4, -0.2) is 77.9 Å². The number of nitrogens with one attached hydrogen (secondary N) is 3. The van der Waals surface area contributed by atoms with Crippen LogP contribution in [0.5, 0.6) is 0 Å². The van der Waals surface area contributed by atoms with Crippen molar-refractivity contribution in [1.82, 2.24) is 15.1 Å². The zero-order valence-electron chi connectivity index (χ0n) is 22.5. The Kier molecular flexibility index (Phi) is 15.5. The molecule has 0 aromatic heterocycles. The van der Waals surface area contributed by atoms with Crippen molar-refractivity contribution in [3.8, 4) is 0 Å². The van der Waals surface area contributed by atoms with Gasteiger partial charge < -0.3 is 30.9 Å². The number of nitrogens with zero attached hydrogens (tertiary/aromatic N) is 2. The lowest BCUT2D eigenvalue weighted by atomic mass is 9.99. The van der Waals surface area contributed by atoms with Crippen LogP contribution >= 0.6 is 23.2 Å². The molecule has 0 aliphatic carbocycles. The molecular formula is C27H43Cl2N5O3. The molecule has 2 unspecified atom stereocenters. The van der Waals surface area contributed by atoms with Gasteiger partial charge in [-0.15, -0.1) is 0 Å². The van der Waals surface area contributed by atoms with Crippen molar-refractivity contribution >= 4 is 47.0 Å². The average Bonchev–Trinajstić information content (AvgIpc) is 3.41. The second-order valence-corrected chi connectivity index (χ2v) is 10.1. The first-order valence-electron chi connectivity index (χ1n) is 12.9. The Morgan fingerprint density at radius 1 is 1.19 bits per heavy atom. The highest BCUT2D eigenvalue weighted by molar-refractivity contribution is 6.42. The minimum absolute atomic E-state index is 0.0848. The van der Waals surface area contributed by atoms with Gasteiger partial charge >= 0.3 is 6.03 Å². The van der Waals surface area contributed by atoms with Crippen molar-refractivity contribution in [1.29, 1.82) is 5.41 Å². The molecule has 4 N–H and O–H groups in total. The predicted molar refractivity (Wildman–Crippen MR) is 154 cm³/mol. The van der Waals surface area contributed by atoms with Crippen molar-refractivity contribution in [3.63, 3.8) is 0 Å². The standard InChI is InChI=1S/C16H20Cl2N4O2.C9H18O.C2H5N/c17-13-2-1-12(9-14(13)18)20-16(24)22-7-5-21(6-8-22)15(23)11-3-4-19-10-11;1-4-6-8-9(3,10)7-5-2;1-2-3/h1-2,9,11,19H,3-8,10H2,(H,20,24);5,7,10H,4,6,8H2,1-3H3;2-3H,1H3/b;7-5+;. The van der Waals surface area contributed by atoms with Crippen molar-refractivity contribution < 1.29 is 14.7 Å². The first-order chi connectivity index (χ1) is 17.6. The number of piperazine rings is 1. The lowest BCUT2D eigenvalue weighted by Gasteiger charge is -2.35. The summed E-state index contributed by atoms with van der Waals surface area (Å²) in [7, 11) is 0. The van der Waals surface area contributed by atoms with Crippen molar-refractivity contribution in [2.45, 2.75) is 59.0 Å². The van der Waals surface area contributed by atoms with Crippen molar-refractivity contribution in [2.75, 3.05) is 44.6 Å². The number of carbonyl (C=O) groups excluding carboxylic acids is 2. The maximum Gasteiger partial charge on any atom is 0.321 e. The molecule has 2 saturated heterocycles. The van der Waals surface area contributed by atoms with E-state index in [0.29, 0.717) is 41.9 Å². The zero-order valence-corrected chi connectivity index (χ0v) is 24.0. The van der Waals surface area contributed by atoms with Crippen LogP contribution in [0, 0.1) is 11.3 Å². The molecule has 208 valence electrons. The van der Waals surface area contributed by atoms with E-state index in [2.05, 4.69) is 17.6 Å². The van der Waals surface area contributed by atoms with Crippen LogP contribution in [0.2, 0.25) is 10.0 Å². The maximum absolute atomic E-state index is 12.4. The van der Waals surface area contributed by atoms with E-state index in [1.54, 1.807) is 30.0 Å². The summed E-state index contributed by atoms with van der Waals surface area (Å²) in [6.07, 6.45) is 9.01. The molecule has 3 rings (SSSR count). The molecule has 1 aromatic rings. The first kappa shape index (κ1) is 32.9. The lowest BCUT2D eigenvalue weighted by molar-refractivity contribution is -0.136. The minimum Gasteiger partial charge on any atom is -0.386 e. The molecule has 2 aliphatic heterocycles. The third-order valence-electron chi connectivity index (χ3n) is 6.02. The van der Waals surface area contributed by atoms with Crippen LogP contribution in [-0.2, 0) is 4.79 Å². The van der Waals surface area contributed by atoms with Crippen molar-refractivity contribution in [3.05, 3.63) is 40.4 Å². The summed E-state index contributed by atoms with van der Waals surface area (Å²) in [5.41, 5.74) is 0.0232. The number of hydrogen-bond acceptors (Lipinski definition) is 5. The fourth-order valence-electron chi connectivity index (χ4n) is 4.01. The quantitative estimate of drug-likeness (QED) is 0.277. The number of allylic oxidation sites excluding steroid dienone is 1. The molecule has 1 aromatic carbocycles. The summed E-state index contributed by atoms with van der Waals surface area (Å²) in [5, 5.41) is 22.5. The summed E-state index contributed by atoms with van der Waals surface area (Å²) in [6, 6.07) is 4.78. The van der Waals surface area contributed by atoms with Crippen LogP contribution < -0.4 is 10.6 Å². The van der Waals surface area contributed by atoms with E-state index in [1.807, 2.05) is 30.9 Å². The monoisotopic (exact) mass is 555 g/mol. The Morgan fingerprint density at radius 3 is 2.32 bits per heavy atom. The van der Waals surface area contributed by atoms with Gasteiger partial charge in [-0.05, 0) is 64.6 Å². The van der Waals surface area contributed by atoms with Gasteiger partial charge in [-0.3, -0.25) is 4.79 Å². The number of carbonyl (C=O) groups is 2. The summed E-state index contributed by atoms with van der Waals surface area (Å²) >= 11 is 11.8. The molecule has 0 bridgehead atoms. The fraction of sp³-hybridized carbons (Fsp3) is 0.593. The predicted octanol–water partition coefficient (Wildman–Crippen LogP) is 5.44. The summed E-state index contributed by atoms with van der Waals surface area (Å²) in [6.45, 7) is 11.4. The molecule has 3 amide bonds. The number of halogens is 2. The topological polar surface area (TPSA) is 109 Å². The van der Waals surface area contributed by atoms with E-state index < -0.39 is 5.60 Å². The van der Waals surface area contributed by atoms with Crippen LogP contribution in [0.25, 0.3) is 0 Å². The van der Waals surface area contributed by atoms with Gasteiger partial charge in [0.1, 0.15) is 0 Å². The number of rotatable bonds is 6. The van der Waals surface area contributed by atoms with E-state index in [1.165, 1.54) is 6.21 Å². The van der Waals surface area contributed by atoms with Gasteiger partial charge in [0, 0.05) is 38.4 Å². The van der Waals surface area contributed by atoms with E-state index in [0.717, 1.165) is 38.8 Å². The molecule has 8 nitrogen and oxygen atoms in total. The van der Waals surface area contributed by atoms with Crippen LogP contribution in [0.3, 0.4) is 0 Å². The average molecular weight is 557 g/mol. The minimum atomic E-state index is -0.579. The van der Waals surface area contributed by atoms with Gasteiger partial charge in [-0.2, -0.15) is 0 Å². The van der Waals surface area contributed by atoms with Crippen LogP contribution in [0.15, 0.2) is 30.4 Å². The molecule has 0 radical (unpaired) electrons. The molecular weight excluding hydrogens is 513 g/mol. The molecule has 2 fully saturated rings. The van der Waals surface area contributed by atoms with E-state index in [-0.39, 0.29) is 17.9 Å². The third kappa shape index (κ3) is 12.3. The number of amides is 3. The Hall–Kier alpha value is -2.13. The number of hydrogen-bond donors (Lipinski definition) is 4. The molecule has 2 aliphatic rings. The molecule has 2 heterocycles. The third-order valence-corrected chi connectivity index (χ3v) is 6.76. The first-order valence-corrected chi connectivity index (χ1v) is 13.7. The van der Waals surface area contributed by atoms with E-state index in [4.69, 9.17) is 28.6 Å². The van der Waals surface area contributed by atoms with Gasteiger partial charge in [0.25, 0.3) is 0 Å². The number of aliphatic hydroxyl groups is 1. The summed E-state index contributed by atoms with van der Waals surface area (Å²) < 4.78 is 0. The molecule has 2 atom stereocenters. The van der Waals surface area contributed by atoms with Gasteiger partial charge in [0.2, 0.25) is 5.91 Å². The molecule has 37 heavy (non-hydrogen) atoms. The van der Waals surface area contributed by atoms with Crippen LogP contribution in [0.1, 0.15) is 53.4 Å². The number of benzene rings is 1. The van der Waals surface area contributed by atoms with Gasteiger partial charge in [-0.25, -0.2) is 4.79 Å². The van der Waals surface area contributed by atoms with Gasteiger partial charge in [0.05, 0.1) is 21.6 Å². The smallest absolute Gasteiger partial charge is 0.321 e. The fourth-order valence-corrected chi connectivity index (χ4v) is 4.31. The lowest BCUT2D eigenvalue weighted by Crippen LogP contribution is -2.53. The highest BCUT2D eigenvalue weighted by atomic mass is 35.5. The number of anilines is 1. The zero-order chi connectivity index (χ0) is 27.8. The SMILES string of the molecule is C/C=C/C(C)(O)CCCC.CC=N.O=C(Nc1ccc(Cl)c(Cl)c1)N1CCN(C(=O)C2CCNC2)CC1. The molecule has 0 saturated carbocycles. The Labute approximate surface area is 231 Å². The second-order valence-electron chi connectivity index (χ2n) is 9.31. The second kappa shape index (κ2) is 17.4. The largest absolute Gasteiger partial charge is 0.386 e. The Balaban J connectivity index is 0.000000443. The Morgan fingerprint density at radius 2 is 1.81 bits per heavy atom. The summed E-state index contributed by atoms with van der Waals surface area (Å²) in [4.78, 5) is 28.3. The Bertz CT molecular complexity index is 881. The molecule has 0 spiro atoms. The highest BCUT2D eigenvalue weighted by Crippen LogP contribution is 2.25. The maximum atomic E-state index is 12.4. The highest BCUT2D eigenvalue weighted by Gasteiger charge is 2.30. The van der Waals surface area contributed by atoms with Crippen molar-refractivity contribution in [2.24, 2.45) is 5.92 Å². The van der Waals surface area contributed by atoms with Gasteiger partial charge in [-0.1, -0.05) is 55.1 Å². The van der Waals surface area contributed by atoms with E-state index in [9.17, 15) is 14.7 Å². The normalized spacial score (nSPS) is 18.7.